The minimum absolute atomic E-state index is 0.0185. The lowest BCUT2D eigenvalue weighted by Gasteiger charge is -2.18. The van der Waals surface area contributed by atoms with Crippen LogP contribution in [-0.4, -0.2) is 0 Å². The summed E-state index contributed by atoms with van der Waals surface area (Å²) in [6, 6.07) is -4.13. The Balaban J connectivity index is 1.60. The molecule has 0 aliphatic rings. The Morgan fingerprint density at radius 3 is 1.63 bits per heavy atom. The Bertz CT molecular complexity index is 4020. The van der Waals surface area contributed by atoms with Crippen molar-refractivity contribution in [2.45, 2.75) is 0 Å². The average Bonchev–Trinajstić information content (AvgIpc) is 3.75. The second kappa shape index (κ2) is 11.1. The molecule has 10 rings (SSSR count). The van der Waals surface area contributed by atoms with E-state index in [2.05, 4.69) is 0 Å². The lowest BCUT2D eigenvalue weighted by Crippen LogP contribution is -1.92. The van der Waals surface area contributed by atoms with Gasteiger partial charge in [0, 0.05) is 27.6 Å². The van der Waals surface area contributed by atoms with Crippen LogP contribution in [0, 0.1) is 0 Å². The van der Waals surface area contributed by atoms with E-state index >= 15 is 0 Å². The molecule has 0 aliphatic heterocycles. The monoisotopic (exact) mass is 644 g/mol. The summed E-state index contributed by atoms with van der Waals surface area (Å²) in [6.45, 7) is 0. The average molecular weight is 645 g/mol. The minimum Gasteiger partial charge on any atom is -0.455 e. The van der Waals surface area contributed by atoms with E-state index in [1.165, 1.54) is 18.2 Å². The number of rotatable bonds is 4. The molecule has 0 saturated heterocycles. The molecule has 10 aromatic rings. The van der Waals surface area contributed by atoms with Gasteiger partial charge in [-0.25, -0.2) is 0 Å². The zero-order valence-electron chi connectivity index (χ0n) is 47.0. The quantitative estimate of drug-likeness (QED) is 0.137. The van der Waals surface area contributed by atoms with E-state index in [1.54, 1.807) is 30.3 Å². The third-order valence-electron chi connectivity index (χ3n) is 8.52. The molecule has 0 radical (unpaired) electrons. The molecule has 1 aromatic heterocycles. The molecular weight excluding hydrogens is 593 g/mol. The first-order valence-electron chi connectivity index (χ1n) is 26.1. The molecule has 0 saturated carbocycles. The highest BCUT2D eigenvalue weighted by Gasteiger charge is 2.26. The number of hydrogen-bond acceptors (Lipinski definition) is 1. The molecule has 9 aromatic carbocycles. The lowest BCUT2D eigenvalue weighted by atomic mass is 9.84. The summed E-state index contributed by atoms with van der Waals surface area (Å²) >= 11 is 0. The molecule has 1 heterocycles. The van der Waals surface area contributed by atoms with Gasteiger partial charge in [0.25, 0.3) is 0 Å². The first kappa shape index (κ1) is 13.6. The summed E-state index contributed by atoms with van der Waals surface area (Å²) in [5.41, 5.74) is -1.86. The first-order chi connectivity index (χ1) is 33.5. The zero-order chi connectivity index (χ0) is 51.5. The molecule has 228 valence electrons. The van der Waals surface area contributed by atoms with E-state index in [0.29, 0.717) is 0 Å². The van der Waals surface area contributed by atoms with Crippen LogP contribution in [0.1, 0.15) is 30.2 Å². The summed E-state index contributed by atoms with van der Waals surface area (Å²) in [7, 11) is 0. The molecule has 0 atom stereocenters. The van der Waals surface area contributed by atoms with Gasteiger partial charge in [0.1, 0.15) is 11.3 Å². The van der Waals surface area contributed by atoms with Gasteiger partial charge < -0.3 is 4.42 Å². The molecule has 0 spiro atoms. The van der Waals surface area contributed by atoms with Crippen LogP contribution in [0.15, 0.2) is 186 Å². The van der Waals surface area contributed by atoms with E-state index in [1.807, 2.05) is 0 Å². The molecule has 0 bridgehead atoms. The highest BCUT2D eigenvalue weighted by Crippen LogP contribution is 2.52. The molecule has 0 aliphatic carbocycles. The van der Waals surface area contributed by atoms with E-state index in [0.717, 1.165) is 0 Å². The number of fused-ring (bicyclic) bond motifs is 6. The van der Waals surface area contributed by atoms with Crippen molar-refractivity contribution in [1.29, 1.82) is 0 Å². The first-order valence-corrected chi connectivity index (χ1v) is 15.1. The van der Waals surface area contributed by atoms with Crippen LogP contribution in [-0.2, 0) is 0 Å². The van der Waals surface area contributed by atoms with Crippen LogP contribution >= 0.6 is 0 Å². The molecular formula is C48H30O. The fraction of sp³-hybridized carbons (Fsp3) is 0. The van der Waals surface area contributed by atoms with Crippen LogP contribution in [0.4, 0.5) is 0 Å². The summed E-state index contributed by atoms with van der Waals surface area (Å²) < 4.78 is 206. The highest BCUT2D eigenvalue weighted by atomic mass is 16.3. The van der Waals surface area contributed by atoms with Gasteiger partial charge in [0.2, 0.25) is 0 Å². The lowest BCUT2D eigenvalue weighted by molar-refractivity contribution is 0.634. The van der Waals surface area contributed by atoms with E-state index < -0.39 is 171 Å². The second-order valence-corrected chi connectivity index (χ2v) is 11.1. The van der Waals surface area contributed by atoms with Crippen molar-refractivity contribution in [3.05, 3.63) is 181 Å². The van der Waals surface area contributed by atoms with Crippen molar-refractivity contribution in [1.82, 2.24) is 0 Å². The maximum absolute atomic E-state index is 9.97. The van der Waals surface area contributed by atoms with Gasteiger partial charge >= 0.3 is 0 Å². The van der Waals surface area contributed by atoms with E-state index in [-0.39, 0.29) is 60.3 Å². The highest BCUT2D eigenvalue weighted by molar-refractivity contribution is 6.26. The van der Waals surface area contributed by atoms with Gasteiger partial charge in [-0.3, -0.25) is 0 Å². The molecule has 49 heavy (non-hydrogen) atoms. The predicted molar refractivity (Wildman–Crippen MR) is 208 cm³/mol. The maximum atomic E-state index is 9.97. The Morgan fingerprint density at radius 1 is 0.367 bits per heavy atom. The standard InChI is InChI=1S/C48H30O/c1-3-16-31(17-4-1)35-28-15-29-42-46(48(49-47(35)42)43-30-33-20-7-8-21-34(33)36-22-9-10-23-37(36)43)45-40-26-13-11-24-38(40)44(32-18-5-2-6-19-32)39-25-12-14-27-41(39)45/h1-30H/i1D,3D,4D,7D,8D,9D,10D,11D,12D,13D,14D,16D,17D,20D,21D,22D,23D,24D,25D,26D,27D,30D. The third-order valence-corrected chi connectivity index (χ3v) is 8.52. The molecule has 0 amide bonds. The van der Waals surface area contributed by atoms with Crippen molar-refractivity contribution < 1.29 is 34.6 Å². The molecule has 1 heteroatoms. The van der Waals surface area contributed by atoms with Crippen molar-refractivity contribution >= 4 is 54.1 Å². The third kappa shape index (κ3) is 4.26. The summed E-state index contributed by atoms with van der Waals surface area (Å²) in [6.07, 6.45) is 0. The van der Waals surface area contributed by atoms with Crippen LogP contribution < -0.4 is 0 Å². The Kier molecular flexibility index (Phi) is 3.07. The number of benzene rings is 9. The van der Waals surface area contributed by atoms with Crippen LogP contribution in [0.3, 0.4) is 0 Å². The molecule has 1 nitrogen and oxygen atoms in total. The SMILES string of the molecule is [2H]c1c([2H])c([2H])c(-c2cccc3c(-c4c5c([2H])c([2H])c([2H])c([2H])c5c(-c5ccccc5)c5c([2H])c([2H])c([2H])c([2H])c45)c(-c4c([2H])c5c([2H])c([2H])c([2H])c([2H])c5c5c([2H])c([2H])c([2H])c([2H])c45)oc23)c([2H])c1[2H]. The Labute approximate surface area is 315 Å². The van der Waals surface area contributed by atoms with Gasteiger partial charge in [-0.15, -0.1) is 0 Å². The minimum atomic E-state index is -0.841. The van der Waals surface area contributed by atoms with Crippen LogP contribution in [0.25, 0.3) is 98.8 Å². The van der Waals surface area contributed by atoms with E-state index in [4.69, 9.17) is 25.0 Å². The van der Waals surface area contributed by atoms with Crippen molar-refractivity contribution in [2.24, 2.45) is 0 Å². The smallest absolute Gasteiger partial charge is 0.143 e. The summed E-state index contributed by atoms with van der Waals surface area (Å²) in [4.78, 5) is 0. The summed E-state index contributed by atoms with van der Waals surface area (Å²) in [5.74, 6) is -0.580. The van der Waals surface area contributed by atoms with Gasteiger partial charge in [0.15, 0.2) is 0 Å². The Morgan fingerprint density at radius 2 is 0.939 bits per heavy atom. The zero-order valence-corrected chi connectivity index (χ0v) is 25.0. The van der Waals surface area contributed by atoms with Crippen molar-refractivity contribution in [3.8, 4) is 44.7 Å². The molecule has 0 unspecified atom stereocenters. The van der Waals surface area contributed by atoms with E-state index in [9.17, 15) is 9.60 Å². The second-order valence-electron chi connectivity index (χ2n) is 11.1. The maximum Gasteiger partial charge on any atom is 0.143 e. The fourth-order valence-electron chi connectivity index (χ4n) is 6.53. The van der Waals surface area contributed by atoms with Gasteiger partial charge in [-0.2, -0.15) is 0 Å². The molecule has 0 N–H and O–H groups in total. The number of hydrogen-bond donors (Lipinski definition) is 0. The van der Waals surface area contributed by atoms with Crippen LogP contribution in [0.5, 0.6) is 0 Å². The molecule has 0 fully saturated rings. The summed E-state index contributed by atoms with van der Waals surface area (Å²) in [5, 5.41) is -3.22. The predicted octanol–water partition coefficient (Wildman–Crippen LogP) is 13.7. The van der Waals surface area contributed by atoms with Gasteiger partial charge in [-0.1, -0.05) is 175 Å². The van der Waals surface area contributed by atoms with Crippen LogP contribution in [0.2, 0.25) is 0 Å². The fourth-order valence-corrected chi connectivity index (χ4v) is 6.53. The Hall–Kier alpha value is -6.44. The number of para-hydroxylation sites is 1. The normalized spacial score (nSPS) is 18.0. The number of furan rings is 1. The van der Waals surface area contributed by atoms with Crippen molar-refractivity contribution in [2.75, 3.05) is 0 Å². The van der Waals surface area contributed by atoms with Crippen molar-refractivity contribution in [3.63, 3.8) is 0 Å². The van der Waals surface area contributed by atoms with Gasteiger partial charge in [-0.05, 0) is 65.8 Å². The van der Waals surface area contributed by atoms with Gasteiger partial charge in [0.05, 0.1) is 30.2 Å². The topological polar surface area (TPSA) is 13.1 Å². The largest absolute Gasteiger partial charge is 0.455 e.